The molecule has 6 nitrogen and oxygen atoms in total. The molecule has 0 saturated heterocycles. The molecule has 1 heterocycles. The Balaban J connectivity index is 2.25. The summed E-state index contributed by atoms with van der Waals surface area (Å²) >= 11 is 0. The van der Waals surface area contributed by atoms with Gasteiger partial charge in [-0.05, 0) is 18.9 Å². The van der Waals surface area contributed by atoms with E-state index in [0.717, 1.165) is 6.54 Å². The minimum atomic E-state index is -0.512. The molecule has 6 heteroatoms. The molecule has 0 aromatic carbocycles. The number of likely N-dealkylation sites (N-methyl/N-ethyl adjacent to an activating group) is 1. The summed E-state index contributed by atoms with van der Waals surface area (Å²) in [5.74, 6) is 0.300. The van der Waals surface area contributed by atoms with Crippen molar-refractivity contribution in [3.63, 3.8) is 0 Å². The maximum absolute atomic E-state index is 11.7. The fourth-order valence-electron chi connectivity index (χ4n) is 1.67. The molecule has 0 aliphatic rings. The Hall–Kier alpha value is -1.56. The Morgan fingerprint density at radius 1 is 1.56 bits per heavy atom. The molecule has 0 fully saturated rings. The smallest absolute Gasteiger partial charge is 0.317 e. The van der Waals surface area contributed by atoms with Crippen molar-refractivity contribution in [1.82, 2.24) is 20.0 Å². The second kappa shape index (κ2) is 7.00. The van der Waals surface area contributed by atoms with Crippen LogP contribution in [0.1, 0.15) is 13.8 Å². The highest BCUT2D eigenvalue weighted by atomic mass is 16.3. The number of hydrogen-bond donors (Lipinski definition) is 2. The quantitative estimate of drug-likeness (QED) is 0.778. The molecule has 0 aliphatic carbocycles. The molecule has 1 aromatic heterocycles. The third-order valence-corrected chi connectivity index (χ3v) is 2.54. The summed E-state index contributed by atoms with van der Waals surface area (Å²) in [6, 6.07) is 1.71. The Bertz CT molecular complexity index is 351. The number of aliphatic hydroxyl groups excluding tert-OH is 1. The van der Waals surface area contributed by atoms with E-state index in [9.17, 15) is 9.90 Å². The van der Waals surface area contributed by atoms with Crippen molar-refractivity contribution in [2.24, 2.45) is 5.92 Å². The highest BCUT2D eigenvalue weighted by molar-refractivity contribution is 5.73. The van der Waals surface area contributed by atoms with Crippen LogP contribution in [0.2, 0.25) is 0 Å². The first-order valence-corrected chi connectivity index (χ1v) is 6.13. The maximum Gasteiger partial charge on any atom is 0.317 e. The van der Waals surface area contributed by atoms with Gasteiger partial charge in [-0.1, -0.05) is 6.92 Å². The van der Waals surface area contributed by atoms with E-state index in [0.29, 0.717) is 19.0 Å². The molecule has 2 N–H and O–H groups in total. The van der Waals surface area contributed by atoms with E-state index in [2.05, 4.69) is 17.3 Å². The van der Waals surface area contributed by atoms with Crippen LogP contribution in [0.5, 0.6) is 0 Å². The van der Waals surface area contributed by atoms with Crippen LogP contribution in [0.25, 0.3) is 0 Å². The van der Waals surface area contributed by atoms with Crippen LogP contribution in [-0.4, -0.2) is 52.1 Å². The summed E-state index contributed by atoms with van der Waals surface area (Å²) in [5, 5.41) is 16.1. The number of amides is 2. The Kier molecular flexibility index (Phi) is 5.64. The Morgan fingerprint density at radius 3 is 2.83 bits per heavy atom. The van der Waals surface area contributed by atoms with Gasteiger partial charge in [-0.3, -0.25) is 4.68 Å². The van der Waals surface area contributed by atoms with E-state index >= 15 is 0 Å². The van der Waals surface area contributed by atoms with E-state index in [4.69, 9.17) is 0 Å². The van der Waals surface area contributed by atoms with Crippen molar-refractivity contribution >= 4 is 6.03 Å². The summed E-state index contributed by atoms with van der Waals surface area (Å²) in [6.45, 7) is 5.40. The number of urea groups is 1. The Morgan fingerprint density at radius 2 is 2.28 bits per heavy atom. The minimum absolute atomic E-state index is 0.164. The van der Waals surface area contributed by atoms with E-state index in [1.54, 1.807) is 20.2 Å². The largest absolute Gasteiger partial charge is 0.392 e. The lowest BCUT2D eigenvalue weighted by Crippen LogP contribution is -2.42. The van der Waals surface area contributed by atoms with Crippen LogP contribution in [0.4, 0.5) is 4.79 Å². The second-order valence-electron chi connectivity index (χ2n) is 4.75. The third-order valence-electron chi connectivity index (χ3n) is 2.54. The third kappa shape index (κ3) is 5.18. The Labute approximate surface area is 108 Å². The molecule has 0 saturated carbocycles. The van der Waals surface area contributed by atoms with E-state index < -0.39 is 6.10 Å². The molecule has 18 heavy (non-hydrogen) atoms. The van der Waals surface area contributed by atoms with Gasteiger partial charge in [0.1, 0.15) is 0 Å². The fraction of sp³-hybridized carbons (Fsp3) is 0.667. The van der Waals surface area contributed by atoms with Crippen LogP contribution in [0, 0.1) is 5.92 Å². The normalized spacial score (nSPS) is 14.0. The van der Waals surface area contributed by atoms with Crippen LogP contribution in [0.3, 0.4) is 0 Å². The highest BCUT2D eigenvalue weighted by Crippen LogP contribution is 1.98. The molecule has 1 rings (SSSR count). The van der Waals surface area contributed by atoms with Crippen molar-refractivity contribution < 1.29 is 9.90 Å². The lowest BCUT2D eigenvalue weighted by atomic mass is 10.2. The standard InChI is InChI=1S/C12H22N4O2/c1-10(8-16-6-4-5-14-16)7-13-12(18)15(3)9-11(2)17/h4-6,10-11,17H,7-9H2,1-3H3,(H,13,18). The number of carbonyl (C=O) groups is 1. The van der Waals surface area contributed by atoms with Gasteiger partial charge in [0, 0.05) is 39.1 Å². The van der Waals surface area contributed by atoms with Gasteiger partial charge in [0.15, 0.2) is 0 Å². The van der Waals surface area contributed by atoms with E-state index in [1.807, 2.05) is 16.9 Å². The summed E-state index contributed by atoms with van der Waals surface area (Å²) in [5.41, 5.74) is 0. The molecule has 2 amide bonds. The zero-order valence-electron chi connectivity index (χ0n) is 11.2. The van der Waals surface area contributed by atoms with Crippen molar-refractivity contribution in [3.05, 3.63) is 18.5 Å². The second-order valence-corrected chi connectivity index (χ2v) is 4.75. The van der Waals surface area contributed by atoms with Crippen molar-refractivity contribution in [2.75, 3.05) is 20.1 Å². The number of carbonyl (C=O) groups excluding carboxylic acids is 1. The molecule has 2 unspecified atom stereocenters. The number of hydrogen-bond acceptors (Lipinski definition) is 3. The number of rotatable bonds is 6. The molecule has 2 atom stereocenters. The topological polar surface area (TPSA) is 70.4 Å². The predicted molar refractivity (Wildman–Crippen MR) is 69.1 cm³/mol. The molecule has 0 spiro atoms. The maximum atomic E-state index is 11.7. The molecule has 0 bridgehead atoms. The van der Waals surface area contributed by atoms with Crippen molar-refractivity contribution in [3.8, 4) is 0 Å². The number of aromatic nitrogens is 2. The first-order valence-electron chi connectivity index (χ1n) is 6.13. The lowest BCUT2D eigenvalue weighted by Gasteiger charge is -2.20. The van der Waals surface area contributed by atoms with Crippen LogP contribution in [-0.2, 0) is 6.54 Å². The van der Waals surface area contributed by atoms with Gasteiger partial charge >= 0.3 is 6.03 Å². The van der Waals surface area contributed by atoms with Gasteiger partial charge < -0.3 is 15.3 Å². The molecule has 0 radical (unpaired) electrons. The zero-order chi connectivity index (χ0) is 13.5. The van der Waals surface area contributed by atoms with Gasteiger partial charge in [0.05, 0.1) is 6.10 Å². The van der Waals surface area contributed by atoms with E-state index in [1.165, 1.54) is 4.90 Å². The predicted octanol–water partition coefficient (Wildman–Crippen LogP) is 0.541. The molecule has 1 aromatic rings. The minimum Gasteiger partial charge on any atom is -0.392 e. The molecule has 102 valence electrons. The van der Waals surface area contributed by atoms with Gasteiger partial charge in [-0.25, -0.2) is 4.79 Å². The summed E-state index contributed by atoms with van der Waals surface area (Å²) in [7, 11) is 1.67. The highest BCUT2D eigenvalue weighted by Gasteiger charge is 2.11. The van der Waals surface area contributed by atoms with Gasteiger partial charge in [0.25, 0.3) is 0 Å². The van der Waals surface area contributed by atoms with Crippen LogP contribution < -0.4 is 5.32 Å². The van der Waals surface area contributed by atoms with Gasteiger partial charge in [-0.15, -0.1) is 0 Å². The van der Waals surface area contributed by atoms with Gasteiger partial charge in [0.2, 0.25) is 0 Å². The van der Waals surface area contributed by atoms with Crippen LogP contribution >= 0.6 is 0 Å². The van der Waals surface area contributed by atoms with E-state index in [-0.39, 0.29) is 6.03 Å². The SMILES string of the molecule is CC(O)CN(C)C(=O)NCC(C)Cn1cccn1. The molecule has 0 aliphatic heterocycles. The first kappa shape index (κ1) is 14.5. The summed E-state index contributed by atoms with van der Waals surface area (Å²) < 4.78 is 1.84. The number of aliphatic hydroxyl groups is 1. The van der Waals surface area contributed by atoms with Gasteiger partial charge in [-0.2, -0.15) is 5.10 Å². The molecular weight excluding hydrogens is 232 g/mol. The zero-order valence-corrected chi connectivity index (χ0v) is 11.2. The average Bonchev–Trinajstić information content (AvgIpc) is 2.77. The molecular formula is C12H22N4O2. The summed E-state index contributed by atoms with van der Waals surface area (Å²) in [4.78, 5) is 13.1. The first-order chi connectivity index (χ1) is 8.49. The van der Waals surface area contributed by atoms with Crippen molar-refractivity contribution in [1.29, 1.82) is 0 Å². The fourth-order valence-corrected chi connectivity index (χ4v) is 1.67. The monoisotopic (exact) mass is 254 g/mol. The lowest BCUT2D eigenvalue weighted by molar-refractivity contribution is 0.143. The number of nitrogens with zero attached hydrogens (tertiary/aromatic N) is 3. The number of nitrogens with one attached hydrogen (secondary N) is 1. The van der Waals surface area contributed by atoms with Crippen molar-refractivity contribution in [2.45, 2.75) is 26.5 Å². The van der Waals surface area contributed by atoms with Crippen LogP contribution in [0.15, 0.2) is 18.5 Å². The summed E-state index contributed by atoms with van der Waals surface area (Å²) in [6.07, 6.45) is 3.13. The average molecular weight is 254 g/mol.